The van der Waals surface area contributed by atoms with Gasteiger partial charge in [-0.2, -0.15) is 0 Å². The molecule has 0 aromatic heterocycles. The van der Waals surface area contributed by atoms with Crippen LogP contribution in [0.3, 0.4) is 0 Å². The van der Waals surface area contributed by atoms with Crippen molar-refractivity contribution in [2.45, 2.75) is 170 Å². The van der Waals surface area contributed by atoms with E-state index in [1.807, 2.05) is 6.92 Å². The summed E-state index contributed by atoms with van der Waals surface area (Å²) in [4.78, 5) is 12.1. The second-order valence-electron chi connectivity index (χ2n) is 12.2. The van der Waals surface area contributed by atoms with Gasteiger partial charge < -0.3 is 4.74 Å². The van der Waals surface area contributed by atoms with E-state index in [1.54, 1.807) is 0 Å². The van der Waals surface area contributed by atoms with Gasteiger partial charge in [0.15, 0.2) is 0 Å². The highest BCUT2D eigenvalue weighted by molar-refractivity contribution is 5.71. The van der Waals surface area contributed by atoms with E-state index in [2.05, 4.69) is 46.8 Å². The van der Waals surface area contributed by atoms with E-state index < -0.39 is 0 Å². The average molecular weight is 507 g/mol. The summed E-state index contributed by atoms with van der Waals surface area (Å²) in [6.07, 6.45) is 31.1. The maximum atomic E-state index is 12.1. The van der Waals surface area contributed by atoms with Gasteiger partial charge in [-0.25, -0.2) is 0 Å². The third kappa shape index (κ3) is 23.6. The molecular formula is C34H66O2. The zero-order valence-electron chi connectivity index (χ0n) is 25.6. The Morgan fingerprint density at radius 2 is 1.06 bits per heavy atom. The number of rotatable bonds is 26. The van der Waals surface area contributed by atoms with E-state index in [1.165, 1.54) is 109 Å². The van der Waals surface area contributed by atoms with Crippen molar-refractivity contribution < 1.29 is 9.53 Å². The average Bonchev–Trinajstić information content (AvgIpc) is 2.83. The molecule has 0 saturated carbocycles. The summed E-state index contributed by atoms with van der Waals surface area (Å²) in [5.41, 5.74) is 0. The molecule has 0 fully saturated rings. The van der Waals surface area contributed by atoms with E-state index in [4.69, 9.17) is 4.74 Å². The lowest BCUT2D eigenvalue weighted by Gasteiger charge is -2.22. The van der Waals surface area contributed by atoms with Crippen molar-refractivity contribution in [2.24, 2.45) is 23.7 Å². The summed E-state index contributed by atoms with van der Waals surface area (Å²) in [7, 11) is 0. The van der Waals surface area contributed by atoms with Gasteiger partial charge in [0.25, 0.3) is 0 Å². The Balaban J connectivity index is 3.62. The van der Waals surface area contributed by atoms with E-state index in [9.17, 15) is 4.79 Å². The number of esters is 1. The fraction of sp³-hybridized carbons (Fsp3) is 0.912. The molecule has 2 heteroatoms. The predicted octanol–water partition coefficient (Wildman–Crippen LogP) is 11.5. The predicted molar refractivity (Wildman–Crippen MR) is 160 cm³/mol. The van der Waals surface area contributed by atoms with Crippen molar-refractivity contribution in [2.75, 3.05) is 6.61 Å². The van der Waals surface area contributed by atoms with Crippen molar-refractivity contribution in [1.82, 2.24) is 0 Å². The second-order valence-corrected chi connectivity index (χ2v) is 12.2. The number of allylic oxidation sites excluding steroid dienone is 2. The van der Waals surface area contributed by atoms with Gasteiger partial charge in [-0.15, -0.1) is 0 Å². The maximum absolute atomic E-state index is 12.1. The smallest absolute Gasteiger partial charge is 0.308 e. The molecule has 0 aliphatic rings. The lowest BCUT2D eigenvalue weighted by atomic mass is 9.84. The zero-order chi connectivity index (χ0) is 26.9. The number of carbonyl (C=O) groups excluding carboxylic acids is 1. The number of unbranched alkanes of at least 4 members (excludes halogenated alkanes) is 13. The Morgan fingerprint density at radius 3 is 1.64 bits per heavy atom. The summed E-state index contributed by atoms with van der Waals surface area (Å²) in [5.74, 6) is 2.18. The minimum absolute atomic E-state index is 0.00344. The fourth-order valence-electron chi connectivity index (χ4n) is 5.58. The van der Waals surface area contributed by atoms with E-state index in [-0.39, 0.29) is 11.9 Å². The third-order valence-electron chi connectivity index (χ3n) is 7.72. The minimum Gasteiger partial charge on any atom is -0.465 e. The van der Waals surface area contributed by atoms with E-state index in [0.717, 1.165) is 31.1 Å². The first-order valence-corrected chi connectivity index (χ1v) is 16.2. The standard InChI is InChI=1S/C34H66O2/c1-7-9-11-12-13-14-15-16-17-18-19-20-21-22-23-24-25-30(3)27-31(4)28-32(5)29-33(6)34(35)36-26-10-8-2/h16-17,30-33H,7-15,18-29H2,1-6H3/b17-16-. The Bertz CT molecular complexity index is 497. The number of hydrogen-bond donors (Lipinski definition) is 0. The van der Waals surface area contributed by atoms with Crippen LogP contribution in [0.4, 0.5) is 0 Å². The van der Waals surface area contributed by atoms with Crippen LogP contribution in [0.15, 0.2) is 12.2 Å². The SMILES string of the molecule is CCCCCCCC/C=C\CCCCCCCCC(C)CC(C)CC(C)CC(C)C(=O)OCCCC. The molecule has 0 amide bonds. The zero-order valence-corrected chi connectivity index (χ0v) is 25.6. The van der Waals surface area contributed by atoms with Gasteiger partial charge in [-0.1, -0.05) is 131 Å². The van der Waals surface area contributed by atoms with Crippen LogP contribution in [0.2, 0.25) is 0 Å². The van der Waals surface area contributed by atoms with E-state index in [0.29, 0.717) is 12.5 Å². The van der Waals surface area contributed by atoms with Crippen LogP contribution in [-0.2, 0) is 9.53 Å². The van der Waals surface area contributed by atoms with E-state index >= 15 is 0 Å². The molecule has 4 atom stereocenters. The van der Waals surface area contributed by atoms with Gasteiger partial charge in [0.2, 0.25) is 0 Å². The first-order valence-electron chi connectivity index (χ1n) is 16.2. The van der Waals surface area contributed by atoms with Crippen molar-refractivity contribution in [1.29, 1.82) is 0 Å². The van der Waals surface area contributed by atoms with Gasteiger partial charge in [-0.3, -0.25) is 4.79 Å². The molecule has 36 heavy (non-hydrogen) atoms. The second kappa shape index (κ2) is 25.8. The Morgan fingerprint density at radius 1 is 0.583 bits per heavy atom. The Hall–Kier alpha value is -0.790. The molecule has 0 rings (SSSR count). The molecule has 0 spiro atoms. The maximum Gasteiger partial charge on any atom is 0.308 e. The topological polar surface area (TPSA) is 26.3 Å². The highest BCUT2D eigenvalue weighted by atomic mass is 16.5. The Labute approximate surface area is 227 Å². The first kappa shape index (κ1) is 35.2. The van der Waals surface area contributed by atoms with Crippen molar-refractivity contribution >= 4 is 5.97 Å². The number of carbonyl (C=O) groups is 1. The van der Waals surface area contributed by atoms with Crippen molar-refractivity contribution in [3.8, 4) is 0 Å². The molecule has 0 N–H and O–H groups in total. The van der Waals surface area contributed by atoms with Gasteiger partial charge in [0, 0.05) is 0 Å². The van der Waals surface area contributed by atoms with Crippen molar-refractivity contribution in [3.63, 3.8) is 0 Å². The molecule has 0 aliphatic heterocycles. The number of ether oxygens (including phenoxy) is 1. The van der Waals surface area contributed by atoms with Crippen LogP contribution in [0.5, 0.6) is 0 Å². The molecule has 0 aliphatic carbocycles. The first-order chi connectivity index (χ1) is 17.4. The summed E-state index contributed by atoms with van der Waals surface area (Å²) in [5, 5.41) is 0. The summed E-state index contributed by atoms with van der Waals surface area (Å²) in [6, 6.07) is 0. The minimum atomic E-state index is -0.00344. The quantitative estimate of drug-likeness (QED) is 0.0662. The Kier molecular flexibility index (Phi) is 25.3. The molecule has 0 radical (unpaired) electrons. The summed E-state index contributed by atoms with van der Waals surface area (Å²) in [6.45, 7) is 14.2. The normalized spacial score (nSPS) is 15.2. The third-order valence-corrected chi connectivity index (χ3v) is 7.72. The van der Waals surface area contributed by atoms with Gasteiger partial charge in [-0.05, 0) is 69.1 Å². The van der Waals surface area contributed by atoms with Gasteiger partial charge >= 0.3 is 5.97 Å². The molecule has 0 aromatic carbocycles. The van der Waals surface area contributed by atoms with Crippen LogP contribution in [-0.4, -0.2) is 12.6 Å². The molecule has 214 valence electrons. The monoisotopic (exact) mass is 507 g/mol. The van der Waals surface area contributed by atoms with Crippen LogP contribution < -0.4 is 0 Å². The highest BCUT2D eigenvalue weighted by Crippen LogP contribution is 2.26. The van der Waals surface area contributed by atoms with Crippen LogP contribution in [0, 0.1) is 23.7 Å². The number of hydrogen-bond acceptors (Lipinski definition) is 2. The van der Waals surface area contributed by atoms with Crippen LogP contribution in [0.25, 0.3) is 0 Å². The molecule has 0 saturated heterocycles. The lowest BCUT2D eigenvalue weighted by Crippen LogP contribution is -2.19. The van der Waals surface area contributed by atoms with Gasteiger partial charge in [0.05, 0.1) is 12.5 Å². The molecule has 0 bridgehead atoms. The lowest BCUT2D eigenvalue weighted by molar-refractivity contribution is -0.148. The largest absolute Gasteiger partial charge is 0.465 e. The highest BCUT2D eigenvalue weighted by Gasteiger charge is 2.20. The van der Waals surface area contributed by atoms with Crippen LogP contribution >= 0.6 is 0 Å². The molecular weight excluding hydrogens is 440 g/mol. The van der Waals surface area contributed by atoms with Crippen LogP contribution in [0.1, 0.15) is 170 Å². The molecule has 0 aromatic rings. The molecule has 0 heterocycles. The molecule has 2 nitrogen and oxygen atoms in total. The van der Waals surface area contributed by atoms with Crippen molar-refractivity contribution in [3.05, 3.63) is 12.2 Å². The summed E-state index contributed by atoms with van der Waals surface area (Å²) < 4.78 is 5.39. The van der Waals surface area contributed by atoms with Gasteiger partial charge in [0.1, 0.15) is 0 Å². The molecule has 4 unspecified atom stereocenters. The fourth-order valence-corrected chi connectivity index (χ4v) is 5.58. The summed E-state index contributed by atoms with van der Waals surface area (Å²) >= 11 is 0.